The zero-order valence-corrected chi connectivity index (χ0v) is 13.0. The van der Waals surface area contributed by atoms with E-state index in [4.69, 9.17) is 10.5 Å². The topological polar surface area (TPSA) is 108 Å². The Morgan fingerprint density at radius 1 is 1.38 bits per heavy atom. The number of carbonyl (C=O) groups excluding carboxylic acids is 1. The number of ether oxygens (including phenoxy) is 1. The van der Waals surface area contributed by atoms with E-state index in [1.54, 1.807) is 54.5 Å². The molecule has 24 heavy (non-hydrogen) atoms. The number of nitrogens with two attached hydrogens (primary N) is 1. The second-order valence-electron chi connectivity index (χ2n) is 4.86. The molecule has 2 heterocycles. The van der Waals surface area contributed by atoms with Crippen molar-refractivity contribution in [3.05, 3.63) is 54.9 Å². The molecular weight excluding hydrogens is 308 g/mol. The van der Waals surface area contributed by atoms with Gasteiger partial charge >= 0.3 is 5.97 Å². The molecule has 0 saturated heterocycles. The van der Waals surface area contributed by atoms with Crippen LogP contribution in [0.15, 0.2) is 49.3 Å². The van der Waals surface area contributed by atoms with Gasteiger partial charge in [-0.05, 0) is 25.1 Å². The van der Waals surface area contributed by atoms with Crippen LogP contribution in [0.2, 0.25) is 0 Å². The Balaban J connectivity index is 1.88. The van der Waals surface area contributed by atoms with Crippen LogP contribution in [-0.2, 0) is 4.74 Å². The number of rotatable bonds is 5. The minimum Gasteiger partial charge on any atom is -0.462 e. The van der Waals surface area contributed by atoms with Gasteiger partial charge in [0.2, 0.25) is 0 Å². The predicted octanol–water partition coefficient (Wildman–Crippen LogP) is 2.16. The second-order valence-corrected chi connectivity index (χ2v) is 4.86. The fourth-order valence-electron chi connectivity index (χ4n) is 2.15. The van der Waals surface area contributed by atoms with E-state index in [1.165, 1.54) is 6.33 Å². The van der Waals surface area contributed by atoms with E-state index in [9.17, 15) is 4.79 Å². The van der Waals surface area contributed by atoms with Crippen LogP contribution in [-0.4, -0.2) is 32.1 Å². The van der Waals surface area contributed by atoms with Crippen LogP contribution in [0.1, 0.15) is 17.3 Å². The molecule has 0 aliphatic rings. The maximum absolute atomic E-state index is 11.8. The van der Waals surface area contributed by atoms with Gasteiger partial charge in [0, 0.05) is 18.1 Å². The van der Waals surface area contributed by atoms with Gasteiger partial charge in [0.05, 0.1) is 12.2 Å². The number of imidazole rings is 1. The molecule has 3 N–H and O–H groups in total. The lowest BCUT2D eigenvalue weighted by atomic mass is 10.2. The van der Waals surface area contributed by atoms with Crippen molar-refractivity contribution in [2.24, 2.45) is 0 Å². The van der Waals surface area contributed by atoms with E-state index in [1.807, 2.05) is 0 Å². The summed E-state index contributed by atoms with van der Waals surface area (Å²) >= 11 is 0. The average Bonchev–Trinajstić information content (AvgIpc) is 3.11. The van der Waals surface area contributed by atoms with Crippen LogP contribution in [0.4, 0.5) is 17.2 Å². The first kappa shape index (κ1) is 15.5. The zero-order chi connectivity index (χ0) is 16.9. The Morgan fingerprint density at radius 3 is 3.00 bits per heavy atom. The first-order chi connectivity index (χ1) is 11.7. The van der Waals surface area contributed by atoms with Gasteiger partial charge in [-0.3, -0.25) is 4.57 Å². The highest BCUT2D eigenvalue weighted by molar-refractivity contribution is 5.91. The fraction of sp³-hybridized carbons (Fsp3) is 0.125. The van der Waals surface area contributed by atoms with E-state index in [-0.39, 0.29) is 5.97 Å². The summed E-state index contributed by atoms with van der Waals surface area (Å²) in [5.41, 5.74) is 7.63. The van der Waals surface area contributed by atoms with E-state index < -0.39 is 0 Å². The quantitative estimate of drug-likeness (QED) is 0.692. The SMILES string of the molecule is CCOC(=O)c1cccc(Nc2ncnc(-n3ccnc3)c2N)c1. The molecule has 0 aliphatic carbocycles. The van der Waals surface area contributed by atoms with Crippen molar-refractivity contribution in [2.75, 3.05) is 17.7 Å². The van der Waals surface area contributed by atoms with Crippen LogP contribution >= 0.6 is 0 Å². The van der Waals surface area contributed by atoms with Gasteiger partial charge in [0.25, 0.3) is 0 Å². The van der Waals surface area contributed by atoms with E-state index in [0.717, 1.165) is 0 Å². The average molecular weight is 324 g/mol. The third-order valence-corrected chi connectivity index (χ3v) is 3.25. The third kappa shape index (κ3) is 3.17. The highest BCUT2D eigenvalue weighted by Gasteiger charge is 2.11. The van der Waals surface area contributed by atoms with Gasteiger partial charge in [-0.2, -0.15) is 0 Å². The van der Waals surface area contributed by atoms with Crippen molar-refractivity contribution in [3.8, 4) is 5.82 Å². The van der Waals surface area contributed by atoms with Crippen molar-refractivity contribution >= 4 is 23.2 Å². The highest BCUT2D eigenvalue weighted by atomic mass is 16.5. The number of nitrogens with one attached hydrogen (secondary N) is 1. The zero-order valence-electron chi connectivity index (χ0n) is 13.0. The minimum absolute atomic E-state index is 0.323. The van der Waals surface area contributed by atoms with Crippen LogP contribution < -0.4 is 11.1 Å². The van der Waals surface area contributed by atoms with Crippen LogP contribution in [0, 0.1) is 0 Å². The molecule has 8 heteroatoms. The lowest BCUT2D eigenvalue weighted by Crippen LogP contribution is -2.08. The molecule has 0 radical (unpaired) electrons. The molecule has 3 rings (SSSR count). The van der Waals surface area contributed by atoms with E-state index >= 15 is 0 Å². The standard InChI is InChI=1S/C16H16N6O2/c1-2-24-16(23)11-4-3-5-12(8-11)21-14-13(17)15(20-9-19-14)22-7-6-18-10-22/h3-10H,2,17H2,1H3,(H,19,20,21). The van der Waals surface area contributed by atoms with Crippen molar-refractivity contribution in [3.63, 3.8) is 0 Å². The monoisotopic (exact) mass is 324 g/mol. The summed E-state index contributed by atoms with van der Waals surface area (Å²) in [4.78, 5) is 24.1. The van der Waals surface area contributed by atoms with Crippen LogP contribution in [0.5, 0.6) is 0 Å². The van der Waals surface area contributed by atoms with Crippen molar-refractivity contribution < 1.29 is 9.53 Å². The summed E-state index contributed by atoms with van der Waals surface area (Å²) in [6.45, 7) is 2.09. The molecule has 0 saturated carbocycles. The number of nitrogen functional groups attached to an aromatic ring is 1. The van der Waals surface area contributed by atoms with E-state index in [0.29, 0.717) is 35.2 Å². The van der Waals surface area contributed by atoms with Gasteiger partial charge in [0.1, 0.15) is 18.3 Å². The van der Waals surface area contributed by atoms with Crippen molar-refractivity contribution in [2.45, 2.75) is 6.92 Å². The van der Waals surface area contributed by atoms with Crippen molar-refractivity contribution in [1.82, 2.24) is 19.5 Å². The second kappa shape index (κ2) is 6.78. The number of hydrogen-bond donors (Lipinski definition) is 2. The summed E-state index contributed by atoms with van der Waals surface area (Å²) in [5.74, 6) is 0.581. The molecular formula is C16H16N6O2. The molecule has 3 aromatic rings. The summed E-state index contributed by atoms with van der Waals surface area (Å²) in [6, 6.07) is 6.92. The summed E-state index contributed by atoms with van der Waals surface area (Å²) in [5, 5.41) is 3.09. The number of nitrogens with zero attached hydrogens (tertiary/aromatic N) is 4. The lowest BCUT2D eigenvalue weighted by molar-refractivity contribution is 0.0526. The maximum Gasteiger partial charge on any atom is 0.338 e. The Morgan fingerprint density at radius 2 is 2.25 bits per heavy atom. The Labute approximate surface area is 138 Å². The van der Waals surface area contributed by atoms with Crippen LogP contribution in [0.25, 0.3) is 5.82 Å². The Hall–Kier alpha value is -3.42. The van der Waals surface area contributed by atoms with Gasteiger partial charge in [-0.1, -0.05) is 6.07 Å². The molecule has 0 aliphatic heterocycles. The maximum atomic E-state index is 11.8. The smallest absolute Gasteiger partial charge is 0.338 e. The first-order valence-corrected chi connectivity index (χ1v) is 7.32. The number of anilines is 3. The Kier molecular flexibility index (Phi) is 4.37. The number of benzene rings is 1. The molecule has 0 bridgehead atoms. The van der Waals surface area contributed by atoms with Gasteiger partial charge in [0.15, 0.2) is 11.6 Å². The third-order valence-electron chi connectivity index (χ3n) is 3.25. The highest BCUT2D eigenvalue weighted by Crippen LogP contribution is 2.25. The van der Waals surface area contributed by atoms with Crippen LogP contribution in [0.3, 0.4) is 0 Å². The first-order valence-electron chi connectivity index (χ1n) is 7.32. The number of aromatic nitrogens is 4. The van der Waals surface area contributed by atoms with Gasteiger partial charge < -0.3 is 15.8 Å². The summed E-state index contributed by atoms with van der Waals surface area (Å²) in [6.07, 6.45) is 6.38. The summed E-state index contributed by atoms with van der Waals surface area (Å²) in [7, 11) is 0. The summed E-state index contributed by atoms with van der Waals surface area (Å²) < 4.78 is 6.69. The molecule has 1 aromatic carbocycles. The molecule has 8 nitrogen and oxygen atoms in total. The lowest BCUT2D eigenvalue weighted by Gasteiger charge is -2.12. The normalized spacial score (nSPS) is 10.4. The molecule has 0 spiro atoms. The molecule has 122 valence electrons. The van der Waals surface area contributed by atoms with Gasteiger partial charge in [-0.15, -0.1) is 0 Å². The molecule has 2 aromatic heterocycles. The number of carbonyl (C=O) groups is 1. The Bertz CT molecular complexity index is 848. The van der Waals surface area contributed by atoms with Crippen molar-refractivity contribution in [1.29, 1.82) is 0 Å². The molecule has 0 atom stereocenters. The molecule has 0 amide bonds. The number of esters is 1. The molecule has 0 fully saturated rings. The minimum atomic E-state index is -0.379. The predicted molar refractivity (Wildman–Crippen MR) is 89.2 cm³/mol. The largest absolute Gasteiger partial charge is 0.462 e. The van der Waals surface area contributed by atoms with Gasteiger partial charge in [-0.25, -0.2) is 19.7 Å². The number of hydrogen-bond acceptors (Lipinski definition) is 7. The van der Waals surface area contributed by atoms with E-state index in [2.05, 4.69) is 20.3 Å². The molecule has 0 unspecified atom stereocenters. The fourth-order valence-corrected chi connectivity index (χ4v) is 2.15.